The summed E-state index contributed by atoms with van der Waals surface area (Å²) < 4.78 is 19.5. The molecule has 0 aliphatic heterocycles. The van der Waals surface area contributed by atoms with Gasteiger partial charge in [0.05, 0.1) is 7.11 Å². The first kappa shape index (κ1) is 23.9. The van der Waals surface area contributed by atoms with Gasteiger partial charge in [-0.15, -0.1) is 0 Å². The van der Waals surface area contributed by atoms with E-state index in [0.717, 1.165) is 38.5 Å². The van der Waals surface area contributed by atoms with Crippen LogP contribution >= 0.6 is 0 Å². The lowest BCUT2D eigenvalue weighted by molar-refractivity contribution is -0.174. The molecule has 10 atom stereocenters. The van der Waals surface area contributed by atoms with Gasteiger partial charge >= 0.3 is 5.97 Å². The van der Waals surface area contributed by atoms with Crippen LogP contribution in [0.15, 0.2) is 0 Å². The Morgan fingerprint density at radius 1 is 1.12 bits per heavy atom. The third kappa shape index (κ3) is 3.48. The lowest BCUT2D eigenvalue weighted by Crippen LogP contribution is -2.61. The minimum atomic E-state index is -1.37. The van der Waals surface area contributed by atoms with Crippen LogP contribution in [0.2, 0.25) is 0 Å². The maximum absolute atomic E-state index is 14.7. The maximum atomic E-state index is 14.7. The van der Waals surface area contributed by atoms with Crippen molar-refractivity contribution in [2.24, 2.45) is 52.3 Å². The second-order valence-corrected chi connectivity index (χ2v) is 11.9. The van der Waals surface area contributed by atoms with Crippen LogP contribution in [0.4, 0.5) is 4.39 Å². The van der Waals surface area contributed by atoms with Gasteiger partial charge in [-0.05, 0) is 85.4 Å². The van der Waals surface area contributed by atoms with Crippen LogP contribution in [-0.4, -0.2) is 30.8 Å². The van der Waals surface area contributed by atoms with Gasteiger partial charge in [0, 0.05) is 24.7 Å². The van der Waals surface area contributed by atoms with E-state index in [1.807, 2.05) is 0 Å². The standard InChI is InChI=1S/C27H41FO4/c1-6-16-20-13-22(29)21(28)14-27(20,4)19-11-12-26(3)17(15(2)7-10-23(30)32-5)8-9-18(26)24(19)25(16)31/h15-21,24H,6-14H2,1-5H3/t15-,16-,17-,18?,19?,20+,21+,24?,26-,27-/m1/s1. The van der Waals surface area contributed by atoms with Crippen molar-refractivity contribution in [3.63, 3.8) is 0 Å². The van der Waals surface area contributed by atoms with E-state index in [-0.39, 0.29) is 52.7 Å². The van der Waals surface area contributed by atoms with Gasteiger partial charge in [0.15, 0.2) is 12.0 Å². The molecule has 0 radical (unpaired) electrons. The lowest BCUT2D eigenvalue weighted by atomic mass is 9.41. The maximum Gasteiger partial charge on any atom is 0.305 e. The molecule has 5 heteroatoms. The number of hydrogen-bond acceptors (Lipinski definition) is 4. The van der Waals surface area contributed by atoms with E-state index in [9.17, 15) is 18.8 Å². The largest absolute Gasteiger partial charge is 0.469 e. The first-order valence-electron chi connectivity index (χ1n) is 12.9. The van der Waals surface area contributed by atoms with Crippen molar-refractivity contribution in [2.45, 2.75) is 91.7 Å². The molecule has 0 saturated heterocycles. The molecule has 0 spiro atoms. The van der Waals surface area contributed by atoms with Crippen molar-refractivity contribution >= 4 is 17.5 Å². The van der Waals surface area contributed by atoms with E-state index in [0.29, 0.717) is 36.4 Å². The van der Waals surface area contributed by atoms with Crippen LogP contribution in [0.3, 0.4) is 0 Å². The number of ketones is 2. The molecule has 3 unspecified atom stereocenters. The molecule has 0 aromatic heterocycles. The van der Waals surface area contributed by atoms with E-state index in [2.05, 4.69) is 27.7 Å². The van der Waals surface area contributed by atoms with Crippen molar-refractivity contribution in [3.8, 4) is 0 Å². The second-order valence-electron chi connectivity index (χ2n) is 11.9. The van der Waals surface area contributed by atoms with Gasteiger partial charge in [-0.3, -0.25) is 14.4 Å². The second kappa shape index (κ2) is 8.51. The fraction of sp³-hybridized carbons (Fsp3) is 0.889. The van der Waals surface area contributed by atoms with Crippen LogP contribution in [0.25, 0.3) is 0 Å². The zero-order valence-corrected chi connectivity index (χ0v) is 20.5. The van der Waals surface area contributed by atoms with E-state index in [1.54, 1.807) is 0 Å². The van der Waals surface area contributed by atoms with E-state index in [4.69, 9.17) is 4.74 Å². The zero-order chi connectivity index (χ0) is 23.4. The predicted molar refractivity (Wildman–Crippen MR) is 120 cm³/mol. The number of halogens is 1. The first-order chi connectivity index (χ1) is 15.1. The Balaban J connectivity index is 1.62. The number of ether oxygens (including phenoxy) is 1. The van der Waals surface area contributed by atoms with Crippen LogP contribution in [0, 0.1) is 52.3 Å². The normalized spacial score (nSPS) is 46.8. The molecule has 4 fully saturated rings. The third-order valence-corrected chi connectivity index (χ3v) is 10.8. The summed E-state index contributed by atoms with van der Waals surface area (Å²) in [6, 6.07) is 0. The summed E-state index contributed by atoms with van der Waals surface area (Å²) in [5.74, 6) is 1.24. The van der Waals surface area contributed by atoms with E-state index in [1.165, 1.54) is 7.11 Å². The number of rotatable bonds is 5. The minimum absolute atomic E-state index is 0.00119. The molecule has 180 valence electrons. The van der Waals surface area contributed by atoms with Crippen molar-refractivity contribution < 1.29 is 23.5 Å². The van der Waals surface area contributed by atoms with Crippen molar-refractivity contribution in [1.82, 2.24) is 0 Å². The minimum Gasteiger partial charge on any atom is -0.469 e. The highest BCUT2D eigenvalue weighted by molar-refractivity contribution is 5.89. The SMILES string of the molecule is CC[C@H]1C(=O)C2C3CC[C@H]([C@H](C)CCC(=O)OC)[C@@]3(C)CCC2[C@@]2(C)C[C@H](F)C(=O)C[C@@H]12. The van der Waals surface area contributed by atoms with Gasteiger partial charge in [-0.25, -0.2) is 4.39 Å². The van der Waals surface area contributed by atoms with Crippen molar-refractivity contribution in [1.29, 1.82) is 0 Å². The molecule has 4 aliphatic rings. The number of esters is 1. The summed E-state index contributed by atoms with van der Waals surface area (Å²) in [5, 5.41) is 0. The molecule has 0 N–H and O–H groups in total. The number of Topliss-reactive ketones (excluding diaryl/α,β-unsaturated/α-hetero) is 2. The quantitative estimate of drug-likeness (QED) is 0.516. The number of methoxy groups -OCH3 is 1. The zero-order valence-electron chi connectivity index (χ0n) is 20.5. The Morgan fingerprint density at radius 3 is 2.47 bits per heavy atom. The summed E-state index contributed by atoms with van der Waals surface area (Å²) >= 11 is 0. The van der Waals surface area contributed by atoms with Gasteiger partial charge in [0.25, 0.3) is 0 Å². The fourth-order valence-electron chi connectivity index (χ4n) is 9.09. The molecule has 0 bridgehead atoms. The summed E-state index contributed by atoms with van der Waals surface area (Å²) in [6.07, 6.45) is 5.34. The molecular formula is C27H41FO4. The predicted octanol–water partition coefficient (Wildman–Crippen LogP) is 5.57. The molecule has 0 heterocycles. The van der Waals surface area contributed by atoms with E-state index >= 15 is 0 Å². The Hall–Kier alpha value is -1.26. The van der Waals surface area contributed by atoms with Gasteiger partial charge in [0.1, 0.15) is 5.78 Å². The number of carbonyl (C=O) groups excluding carboxylic acids is 3. The van der Waals surface area contributed by atoms with Gasteiger partial charge in [-0.1, -0.05) is 27.7 Å². The fourth-order valence-corrected chi connectivity index (χ4v) is 9.09. The topological polar surface area (TPSA) is 60.4 Å². The highest BCUT2D eigenvalue weighted by Gasteiger charge is 2.66. The highest BCUT2D eigenvalue weighted by Crippen LogP contribution is 2.68. The Bertz CT molecular complexity index is 780. The van der Waals surface area contributed by atoms with Gasteiger partial charge in [0.2, 0.25) is 0 Å². The monoisotopic (exact) mass is 448 g/mol. The smallest absolute Gasteiger partial charge is 0.305 e. The summed E-state index contributed by atoms with van der Waals surface area (Å²) in [6.45, 7) is 8.88. The van der Waals surface area contributed by atoms with Gasteiger partial charge in [-0.2, -0.15) is 0 Å². The van der Waals surface area contributed by atoms with Crippen molar-refractivity contribution in [3.05, 3.63) is 0 Å². The Labute approximate surface area is 192 Å². The molecule has 0 aromatic carbocycles. The van der Waals surface area contributed by atoms with E-state index < -0.39 is 6.17 Å². The third-order valence-electron chi connectivity index (χ3n) is 10.8. The number of carbonyl (C=O) groups is 3. The number of hydrogen-bond donors (Lipinski definition) is 0. The van der Waals surface area contributed by atoms with Crippen LogP contribution in [-0.2, 0) is 19.1 Å². The molecule has 4 nitrogen and oxygen atoms in total. The molecule has 0 amide bonds. The lowest BCUT2D eigenvalue weighted by Gasteiger charge is -2.61. The summed E-state index contributed by atoms with van der Waals surface area (Å²) in [7, 11) is 1.44. The molecule has 0 aromatic rings. The number of alkyl halides is 1. The summed E-state index contributed by atoms with van der Waals surface area (Å²) in [4.78, 5) is 37.9. The van der Waals surface area contributed by atoms with Crippen molar-refractivity contribution in [2.75, 3.05) is 7.11 Å². The van der Waals surface area contributed by atoms with Crippen LogP contribution in [0.1, 0.15) is 85.5 Å². The average Bonchev–Trinajstić information content (AvgIpc) is 3.11. The average molecular weight is 449 g/mol. The van der Waals surface area contributed by atoms with Crippen LogP contribution in [0.5, 0.6) is 0 Å². The van der Waals surface area contributed by atoms with Gasteiger partial charge < -0.3 is 4.74 Å². The first-order valence-corrected chi connectivity index (χ1v) is 12.9. The molecule has 4 aliphatic carbocycles. The summed E-state index contributed by atoms with van der Waals surface area (Å²) in [5.41, 5.74) is -0.171. The Kier molecular flexibility index (Phi) is 6.35. The highest BCUT2D eigenvalue weighted by atomic mass is 19.1. The molecule has 4 rings (SSSR count). The Morgan fingerprint density at radius 2 is 1.81 bits per heavy atom. The van der Waals surface area contributed by atoms with Crippen LogP contribution < -0.4 is 0 Å². The number of fused-ring (bicyclic) bond motifs is 5. The molecular weight excluding hydrogens is 407 g/mol. The molecule has 4 saturated carbocycles. The molecule has 32 heavy (non-hydrogen) atoms.